The zero-order valence-electron chi connectivity index (χ0n) is 9.70. The highest BCUT2D eigenvalue weighted by Gasteiger charge is 2.81. The van der Waals surface area contributed by atoms with Gasteiger partial charge in [0.25, 0.3) is 0 Å². The highest BCUT2D eigenvalue weighted by Crippen LogP contribution is 2.56. The van der Waals surface area contributed by atoms with Crippen molar-refractivity contribution >= 4 is 6.29 Å². The quantitative estimate of drug-likeness (QED) is 0.592. The molecule has 0 heterocycles. The molecule has 1 rings (SSSR count). The van der Waals surface area contributed by atoms with Crippen LogP contribution in [0.5, 0.6) is 0 Å². The van der Waals surface area contributed by atoms with Gasteiger partial charge in [-0.05, 0) is 0 Å². The van der Waals surface area contributed by atoms with E-state index >= 15 is 0 Å². The maximum absolute atomic E-state index is 13.4. The van der Waals surface area contributed by atoms with Crippen molar-refractivity contribution in [2.75, 3.05) is 0 Å². The molecule has 1 aromatic rings. The number of halogens is 9. The Kier molecular flexibility index (Phi) is 4.05. The molecule has 0 N–H and O–H groups in total. The van der Waals surface area contributed by atoms with Crippen LogP contribution in [0.3, 0.4) is 0 Å². The van der Waals surface area contributed by atoms with Gasteiger partial charge in [0.1, 0.15) is 6.29 Å². The van der Waals surface area contributed by atoms with Crippen LogP contribution >= 0.6 is 0 Å². The van der Waals surface area contributed by atoms with Gasteiger partial charge in [0.05, 0.1) is 0 Å². The van der Waals surface area contributed by atoms with E-state index in [9.17, 15) is 44.3 Å². The Morgan fingerprint density at radius 2 is 1.14 bits per heavy atom. The molecule has 0 atom stereocenters. The van der Waals surface area contributed by atoms with Gasteiger partial charge >= 0.3 is 23.9 Å². The zero-order valence-corrected chi connectivity index (χ0v) is 9.70. The van der Waals surface area contributed by atoms with E-state index in [2.05, 4.69) is 0 Å². The lowest BCUT2D eigenvalue weighted by Crippen LogP contribution is -2.59. The minimum atomic E-state index is -6.94. The van der Waals surface area contributed by atoms with Crippen molar-refractivity contribution in [3.63, 3.8) is 0 Å². The molecule has 0 unspecified atom stereocenters. The van der Waals surface area contributed by atoms with Gasteiger partial charge in [-0.2, -0.15) is 39.5 Å². The summed E-state index contributed by atoms with van der Waals surface area (Å²) in [5.74, 6) is -19.4. The zero-order chi connectivity index (χ0) is 16.7. The second-order valence-corrected chi connectivity index (χ2v) is 3.96. The molecule has 21 heavy (non-hydrogen) atoms. The number of aldehydes is 1. The van der Waals surface area contributed by atoms with Crippen LogP contribution < -0.4 is 0 Å². The van der Waals surface area contributed by atoms with Crippen molar-refractivity contribution in [1.82, 2.24) is 0 Å². The summed E-state index contributed by atoms with van der Waals surface area (Å²) in [5, 5.41) is 0. The monoisotopic (exact) mass is 324 g/mol. The lowest BCUT2D eigenvalue weighted by Gasteiger charge is -2.33. The normalized spacial score (nSPS) is 14.1. The molecule has 0 spiro atoms. The fraction of sp³-hybridized carbons (Fsp3) is 0.364. The van der Waals surface area contributed by atoms with Crippen molar-refractivity contribution in [2.24, 2.45) is 0 Å². The van der Waals surface area contributed by atoms with Gasteiger partial charge in [0.15, 0.2) is 0 Å². The van der Waals surface area contributed by atoms with Gasteiger partial charge < -0.3 is 0 Å². The summed E-state index contributed by atoms with van der Waals surface area (Å²) in [6, 6.07) is 1.50. The molecule has 1 aromatic carbocycles. The fourth-order valence-corrected chi connectivity index (χ4v) is 1.33. The van der Waals surface area contributed by atoms with Gasteiger partial charge in [-0.3, -0.25) is 4.79 Å². The van der Waals surface area contributed by atoms with Crippen LogP contribution in [0, 0.1) is 0 Å². The highest BCUT2D eigenvalue weighted by molar-refractivity contribution is 5.74. The first kappa shape index (κ1) is 17.3. The molecule has 0 aromatic heterocycles. The average Bonchev–Trinajstić information content (AvgIpc) is 2.37. The maximum Gasteiger partial charge on any atom is 0.460 e. The molecule has 0 saturated heterocycles. The first-order valence-corrected chi connectivity index (χ1v) is 5.05. The van der Waals surface area contributed by atoms with E-state index in [-0.39, 0.29) is 24.0 Å². The third kappa shape index (κ3) is 2.58. The number of carbonyl (C=O) groups is 1. The summed E-state index contributed by atoms with van der Waals surface area (Å²) in [4.78, 5) is 10.3. The van der Waals surface area contributed by atoms with Gasteiger partial charge in [-0.15, -0.1) is 0 Å². The Morgan fingerprint density at radius 3 is 1.48 bits per heavy atom. The average molecular weight is 324 g/mol. The van der Waals surface area contributed by atoms with E-state index in [1.165, 1.54) is 0 Å². The molecule has 118 valence electrons. The standard InChI is InChI=1S/C11H5F9O/c12-8(13,7-3-1-6(5-21)2-4-7)9(14,15)10(16,17)11(18,19)20/h1-5H. The van der Waals surface area contributed by atoms with Crippen LogP contribution in [0.4, 0.5) is 39.5 Å². The second-order valence-electron chi connectivity index (χ2n) is 3.96. The van der Waals surface area contributed by atoms with Gasteiger partial charge in [0, 0.05) is 11.1 Å². The highest BCUT2D eigenvalue weighted by atomic mass is 19.4. The Balaban J connectivity index is 3.35. The van der Waals surface area contributed by atoms with Crippen molar-refractivity contribution < 1.29 is 44.3 Å². The summed E-state index contributed by atoms with van der Waals surface area (Å²) >= 11 is 0. The maximum atomic E-state index is 13.4. The van der Waals surface area contributed by atoms with Gasteiger partial charge in [-0.1, -0.05) is 24.3 Å². The summed E-state index contributed by atoms with van der Waals surface area (Å²) in [6.07, 6.45) is -6.72. The second kappa shape index (κ2) is 4.92. The van der Waals surface area contributed by atoms with Crippen LogP contribution in [-0.4, -0.2) is 24.3 Å². The SMILES string of the molecule is O=Cc1ccc(C(F)(F)C(F)(F)C(F)(F)C(F)(F)F)cc1. The van der Waals surface area contributed by atoms with Crippen molar-refractivity contribution in [3.8, 4) is 0 Å². The van der Waals surface area contributed by atoms with Crippen molar-refractivity contribution in [3.05, 3.63) is 35.4 Å². The Hall–Kier alpha value is -1.74. The smallest absolute Gasteiger partial charge is 0.298 e. The van der Waals surface area contributed by atoms with Crippen LogP contribution in [0.2, 0.25) is 0 Å². The van der Waals surface area contributed by atoms with E-state index in [1.807, 2.05) is 0 Å². The Labute approximate surface area is 111 Å². The van der Waals surface area contributed by atoms with E-state index in [0.29, 0.717) is 12.1 Å². The molecular weight excluding hydrogens is 319 g/mol. The first-order chi connectivity index (χ1) is 9.29. The molecule has 0 fully saturated rings. The lowest BCUT2D eigenvalue weighted by molar-refractivity contribution is -0.399. The minimum Gasteiger partial charge on any atom is -0.298 e. The summed E-state index contributed by atoms with van der Waals surface area (Å²) in [7, 11) is 0. The molecule has 0 radical (unpaired) electrons. The van der Waals surface area contributed by atoms with Crippen LogP contribution in [-0.2, 0) is 5.92 Å². The number of carbonyl (C=O) groups excluding carboxylic acids is 1. The molecule has 0 aliphatic heterocycles. The van der Waals surface area contributed by atoms with E-state index < -0.39 is 29.5 Å². The molecule has 0 saturated carbocycles. The molecular formula is C11H5F9O. The Bertz CT molecular complexity index is 515. The molecule has 0 amide bonds. The predicted octanol–water partition coefficient (Wildman–Crippen LogP) is 4.42. The number of benzene rings is 1. The van der Waals surface area contributed by atoms with E-state index in [4.69, 9.17) is 0 Å². The largest absolute Gasteiger partial charge is 0.460 e. The summed E-state index contributed by atoms with van der Waals surface area (Å²) < 4.78 is 114. The van der Waals surface area contributed by atoms with Gasteiger partial charge in [0.2, 0.25) is 0 Å². The minimum absolute atomic E-state index is 0.143. The summed E-state index contributed by atoms with van der Waals surface area (Å²) in [5.41, 5.74) is -2.03. The number of hydrogen-bond acceptors (Lipinski definition) is 1. The van der Waals surface area contributed by atoms with Crippen LogP contribution in [0.25, 0.3) is 0 Å². The van der Waals surface area contributed by atoms with Crippen LogP contribution in [0.15, 0.2) is 24.3 Å². The lowest BCUT2D eigenvalue weighted by atomic mass is 9.96. The number of rotatable bonds is 4. The first-order valence-electron chi connectivity index (χ1n) is 5.05. The van der Waals surface area contributed by atoms with Crippen LogP contribution in [0.1, 0.15) is 15.9 Å². The Morgan fingerprint density at radius 1 is 0.714 bits per heavy atom. The van der Waals surface area contributed by atoms with Gasteiger partial charge in [-0.25, -0.2) is 0 Å². The van der Waals surface area contributed by atoms with Crippen molar-refractivity contribution in [1.29, 1.82) is 0 Å². The molecule has 1 nitrogen and oxygen atoms in total. The topological polar surface area (TPSA) is 17.1 Å². The number of alkyl halides is 9. The third-order valence-corrected chi connectivity index (χ3v) is 2.55. The number of hydrogen-bond donors (Lipinski definition) is 0. The fourth-order valence-electron chi connectivity index (χ4n) is 1.33. The van der Waals surface area contributed by atoms with Crippen molar-refractivity contribution in [2.45, 2.75) is 23.9 Å². The molecule has 0 bridgehead atoms. The van der Waals surface area contributed by atoms with E-state index in [0.717, 1.165) is 0 Å². The molecule has 10 heteroatoms. The van der Waals surface area contributed by atoms with E-state index in [1.54, 1.807) is 0 Å². The predicted molar refractivity (Wildman–Crippen MR) is 51.7 cm³/mol. The molecule has 0 aliphatic rings. The third-order valence-electron chi connectivity index (χ3n) is 2.55. The molecule has 0 aliphatic carbocycles. The summed E-state index contributed by atoms with van der Waals surface area (Å²) in [6.45, 7) is 0.